The Bertz CT molecular complexity index is 871. The minimum atomic E-state index is -5.32. The van der Waals surface area contributed by atoms with E-state index in [0.717, 1.165) is 36.4 Å². The van der Waals surface area contributed by atoms with Gasteiger partial charge < -0.3 is 10.1 Å². The molecule has 1 atom stereocenters. The molecule has 0 aliphatic carbocycles. The first-order valence-electron chi connectivity index (χ1n) is 8.40. The second kappa shape index (κ2) is 8.99. The van der Waals surface area contributed by atoms with E-state index in [2.05, 4.69) is 4.74 Å². The van der Waals surface area contributed by atoms with Gasteiger partial charge in [0, 0.05) is 12.1 Å². The maximum atomic E-state index is 14.0. The molecule has 1 unspecified atom stereocenters. The molecule has 0 fully saturated rings. The van der Waals surface area contributed by atoms with Crippen molar-refractivity contribution >= 4 is 11.9 Å². The fourth-order valence-corrected chi connectivity index (χ4v) is 2.40. The molecule has 0 saturated carbocycles. The molecule has 2 aromatic carbocycles. The van der Waals surface area contributed by atoms with Gasteiger partial charge in [-0.25, -0.2) is 13.6 Å². The molecular formula is C19H17F5N2O3. The van der Waals surface area contributed by atoms with Crippen molar-refractivity contribution in [2.45, 2.75) is 25.3 Å². The summed E-state index contributed by atoms with van der Waals surface area (Å²) in [5, 5.41) is 3.55. The van der Waals surface area contributed by atoms with Gasteiger partial charge in [0.05, 0.1) is 6.61 Å². The highest BCUT2D eigenvalue weighted by Gasteiger charge is 2.63. The average molecular weight is 416 g/mol. The summed E-state index contributed by atoms with van der Waals surface area (Å²) in [6.45, 7) is 0.361. The molecule has 1 amide bonds. The molecular weight excluding hydrogens is 399 g/mol. The number of ether oxygens (including phenoxy) is 1. The monoisotopic (exact) mass is 416 g/mol. The quantitative estimate of drug-likeness (QED) is 0.413. The van der Waals surface area contributed by atoms with Crippen LogP contribution in [0.1, 0.15) is 22.8 Å². The Morgan fingerprint density at radius 3 is 2.21 bits per heavy atom. The van der Waals surface area contributed by atoms with Crippen LogP contribution >= 0.6 is 0 Å². The fourth-order valence-electron chi connectivity index (χ4n) is 2.40. The van der Waals surface area contributed by atoms with E-state index in [9.17, 15) is 31.5 Å². The fraction of sp³-hybridized carbons (Fsp3) is 0.263. The van der Waals surface area contributed by atoms with E-state index in [4.69, 9.17) is 0 Å². The zero-order valence-corrected chi connectivity index (χ0v) is 15.1. The Kier molecular flexibility index (Phi) is 6.91. The van der Waals surface area contributed by atoms with Gasteiger partial charge in [0.2, 0.25) is 0 Å². The normalized spacial score (nSPS) is 13.4. The smallest absolute Gasteiger partial charge is 0.436 e. The first-order valence-corrected chi connectivity index (χ1v) is 8.40. The molecule has 0 saturated heterocycles. The number of amides is 1. The van der Waals surface area contributed by atoms with Gasteiger partial charge in [-0.1, -0.05) is 18.2 Å². The summed E-state index contributed by atoms with van der Waals surface area (Å²) in [7, 11) is 0. The molecule has 10 heteroatoms. The van der Waals surface area contributed by atoms with E-state index in [0.29, 0.717) is 0 Å². The van der Waals surface area contributed by atoms with E-state index in [-0.39, 0.29) is 12.2 Å². The van der Waals surface area contributed by atoms with Crippen molar-refractivity contribution in [3.63, 3.8) is 0 Å². The number of rotatable bonds is 7. The topological polar surface area (TPSA) is 67.4 Å². The van der Waals surface area contributed by atoms with Crippen LogP contribution in [0, 0.1) is 11.6 Å². The Balaban J connectivity index is 2.40. The number of hydrogen-bond donors (Lipinski definition) is 2. The highest BCUT2D eigenvalue weighted by Crippen LogP contribution is 2.30. The molecule has 156 valence electrons. The Labute approximate surface area is 162 Å². The minimum absolute atomic E-state index is 0.212. The largest absolute Gasteiger partial charge is 0.463 e. The third-order valence-electron chi connectivity index (χ3n) is 3.87. The Morgan fingerprint density at radius 1 is 1.00 bits per heavy atom. The molecule has 2 aromatic rings. The molecule has 0 aromatic heterocycles. The molecule has 2 rings (SSSR count). The van der Waals surface area contributed by atoms with E-state index >= 15 is 0 Å². The first kappa shape index (κ1) is 22.3. The standard InChI is InChI=1S/C19H17F5N2O3/c1-2-29-17(28)18(19(22,23)24,25-11-12-6-8-14(20)9-7-12)26-16(27)13-4-3-5-15(21)10-13/h3-10,25H,2,11H2,1H3,(H,26,27). The summed E-state index contributed by atoms with van der Waals surface area (Å²) < 4.78 is 72.8. The zero-order chi connectivity index (χ0) is 21.7. The lowest BCUT2D eigenvalue weighted by Gasteiger charge is -2.34. The van der Waals surface area contributed by atoms with Gasteiger partial charge in [0.1, 0.15) is 11.6 Å². The molecule has 2 N–H and O–H groups in total. The summed E-state index contributed by atoms with van der Waals surface area (Å²) in [4.78, 5) is 24.6. The van der Waals surface area contributed by atoms with Crippen LogP contribution in [0.4, 0.5) is 22.0 Å². The zero-order valence-electron chi connectivity index (χ0n) is 15.1. The van der Waals surface area contributed by atoms with E-state index < -0.39 is 47.5 Å². The summed E-state index contributed by atoms with van der Waals surface area (Å²) >= 11 is 0. The van der Waals surface area contributed by atoms with Gasteiger partial charge in [0.25, 0.3) is 11.6 Å². The van der Waals surface area contributed by atoms with Crippen molar-refractivity contribution in [1.82, 2.24) is 10.6 Å². The van der Waals surface area contributed by atoms with Crippen molar-refractivity contribution in [3.8, 4) is 0 Å². The van der Waals surface area contributed by atoms with Crippen molar-refractivity contribution in [2.24, 2.45) is 0 Å². The second-order valence-electron chi connectivity index (χ2n) is 5.91. The third-order valence-corrected chi connectivity index (χ3v) is 3.87. The third kappa shape index (κ3) is 5.29. The molecule has 0 spiro atoms. The van der Waals surface area contributed by atoms with Gasteiger partial charge >= 0.3 is 12.1 Å². The van der Waals surface area contributed by atoms with Crippen LogP contribution in [0.5, 0.6) is 0 Å². The lowest BCUT2D eigenvalue weighted by atomic mass is 10.1. The van der Waals surface area contributed by atoms with Crippen molar-refractivity contribution in [3.05, 3.63) is 71.3 Å². The molecule has 5 nitrogen and oxygen atoms in total. The molecule has 0 bridgehead atoms. The van der Waals surface area contributed by atoms with Crippen LogP contribution in [-0.4, -0.2) is 30.3 Å². The molecule has 0 aliphatic heterocycles. The van der Waals surface area contributed by atoms with Crippen molar-refractivity contribution in [1.29, 1.82) is 0 Å². The Hall–Kier alpha value is -3.01. The van der Waals surface area contributed by atoms with Crippen LogP contribution in [-0.2, 0) is 16.1 Å². The molecule has 0 radical (unpaired) electrons. The SMILES string of the molecule is CCOC(=O)C(NCc1ccc(F)cc1)(NC(=O)c1cccc(F)c1)C(F)(F)F. The van der Waals surface area contributed by atoms with E-state index in [1.54, 1.807) is 5.32 Å². The minimum Gasteiger partial charge on any atom is -0.463 e. The number of carbonyl (C=O) groups excluding carboxylic acids is 2. The summed E-state index contributed by atoms with van der Waals surface area (Å²) in [5.74, 6) is -4.58. The summed E-state index contributed by atoms with van der Waals surface area (Å²) in [6.07, 6.45) is -5.32. The number of hydrogen-bond acceptors (Lipinski definition) is 4. The number of nitrogens with one attached hydrogen (secondary N) is 2. The maximum absolute atomic E-state index is 14.0. The van der Waals surface area contributed by atoms with Gasteiger partial charge in [-0.05, 0) is 42.8 Å². The number of halogens is 5. The van der Waals surface area contributed by atoms with Crippen LogP contribution in [0.3, 0.4) is 0 Å². The summed E-state index contributed by atoms with van der Waals surface area (Å²) in [6, 6.07) is 8.43. The van der Waals surface area contributed by atoms with E-state index in [1.807, 2.05) is 5.32 Å². The van der Waals surface area contributed by atoms with Gasteiger partial charge in [0.15, 0.2) is 0 Å². The lowest BCUT2D eigenvalue weighted by molar-refractivity contribution is -0.219. The number of esters is 1. The predicted molar refractivity (Wildman–Crippen MR) is 92.5 cm³/mol. The number of benzene rings is 2. The van der Waals surface area contributed by atoms with Crippen molar-refractivity contribution in [2.75, 3.05) is 6.61 Å². The highest BCUT2D eigenvalue weighted by atomic mass is 19.4. The van der Waals surface area contributed by atoms with Crippen LogP contribution in [0.25, 0.3) is 0 Å². The van der Waals surface area contributed by atoms with Crippen LogP contribution < -0.4 is 10.6 Å². The van der Waals surface area contributed by atoms with Gasteiger partial charge in [-0.2, -0.15) is 13.2 Å². The molecule has 29 heavy (non-hydrogen) atoms. The van der Waals surface area contributed by atoms with Crippen LogP contribution in [0.15, 0.2) is 48.5 Å². The van der Waals surface area contributed by atoms with Gasteiger partial charge in [-0.3, -0.25) is 10.1 Å². The summed E-state index contributed by atoms with van der Waals surface area (Å²) in [5.41, 5.74) is -3.82. The van der Waals surface area contributed by atoms with Gasteiger partial charge in [-0.15, -0.1) is 0 Å². The lowest BCUT2D eigenvalue weighted by Crippen LogP contribution is -2.72. The second-order valence-corrected chi connectivity index (χ2v) is 5.91. The average Bonchev–Trinajstić information content (AvgIpc) is 2.65. The number of alkyl halides is 3. The molecule has 0 aliphatic rings. The first-order chi connectivity index (χ1) is 13.6. The highest BCUT2D eigenvalue weighted by molar-refractivity contribution is 5.98. The Morgan fingerprint density at radius 2 is 1.66 bits per heavy atom. The molecule has 0 heterocycles. The van der Waals surface area contributed by atoms with Crippen LogP contribution in [0.2, 0.25) is 0 Å². The predicted octanol–water partition coefficient (Wildman–Crippen LogP) is 3.31. The van der Waals surface area contributed by atoms with Crippen molar-refractivity contribution < 1.29 is 36.3 Å². The maximum Gasteiger partial charge on any atom is 0.436 e. The van der Waals surface area contributed by atoms with E-state index in [1.165, 1.54) is 19.1 Å². The number of carbonyl (C=O) groups is 2.